The van der Waals surface area contributed by atoms with Gasteiger partial charge in [-0.3, -0.25) is 4.55 Å². The average molecular weight is 246 g/mol. The van der Waals surface area contributed by atoms with Gasteiger partial charge in [0, 0.05) is 0 Å². The molecule has 0 aliphatic heterocycles. The van der Waals surface area contributed by atoms with E-state index in [9.17, 15) is 13.5 Å². The first-order valence-electron chi connectivity index (χ1n) is 3.06. The van der Waals surface area contributed by atoms with Gasteiger partial charge < -0.3 is 10.8 Å². The van der Waals surface area contributed by atoms with Crippen molar-refractivity contribution in [2.24, 2.45) is 0 Å². The van der Waals surface area contributed by atoms with Crippen molar-refractivity contribution in [3.63, 3.8) is 0 Å². The fourth-order valence-corrected chi connectivity index (χ4v) is 1.50. The molecule has 14 heavy (non-hydrogen) atoms. The van der Waals surface area contributed by atoms with Gasteiger partial charge in [-0.2, -0.15) is 8.42 Å². The first kappa shape index (κ1) is 14.0. The molecule has 0 aliphatic rings. The number of benzene rings is 1. The summed E-state index contributed by atoms with van der Waals surface area (Å²) in [6, 6.07) is 1.65. The van der Waals surface area contributed by atoms with E-state index in [-0.39, 0.29) is 40.3 Å². The summed E-state index contributed by atoms with van der Waals surface area (Å²) in [5.41, 5.74) is 5.16. The van der Waals surface area contributed by atoms with Crippen molar-refractivity contribution in [1.29, 1.82) is 0 Å². The first-order chi connectivity index (χ1) is 5.82. The van der Waals surface area contributed by atoms with Gasteiger partial charge in [-0.05, 0) is 12.1 Å². The van der Waals surface area contributed by atoms with Crippen LogP contribution in [0.4, 0.5) is 5.69 Å². The maximum atomic E-state index is 11.0. The van der Waals surface area contributed by atoms with Crippen LogP contribution in [0.2, 0.25) is 5.02 Å². The number of hydrogen-bond donors (Lipinski definition) is 2. The standard InChI is InChI=1S/C6H6ClNO4S.Na/c7-3-1-5(9)6(2-4(3)8)13(10,11)12;/h1-2,9H,8H2,(H,10,11,12);/q;+1/p-1. The average Bonchev–Trinajstić information content (AvgIpc) is 1.94. The van der Waals surface area contributed by atoms with Crippen molar-refractivity contribution in [3.05, 3.63) is 17.2 Å². The Kier molecular flexibility index (Phi) is 4.70. The molecule has 5 nitrogen and oxygen atoms in total. The van der Waals surface area contributed by atoms with Gasteiger partial charge in [0.2, 0.25) is 0 Å². The summed E-state index contributed by atoms with van der Waals surface area (Å²) in [7, 11) is -4.52. The van der Waals surface area contributed by atoms with Crippen LogP contribution in [0.3, 0.4) is 0 Å². The van der Waals surface area contributed by atoms with Crippen LogP contribution < -0.4 is 40.4 Å². The Hall–Kier alpha value is 0.0200. The van der Waals surface area contributed by atoms with E-state index < -0.39 is 20.8 Å². The van der Waals surface area contributed by atoms with E-state index in [1.54, 1.807) is 0 Å². The van der Waals surface area contributed by atoms with E-state index in [2.05, 4.69) is 0 Å². The third-order valence-electron chi connectivity index (χ3n) is 1.34. The molecule has 1 rings (SSSR count). The summed E-state index contributed by atoms with van der Waals surface area (Å²) >= 11 is 5.43. The minimum atomic E-state index is -4.52. The molecule has 0 aliphatic carbocycles. The van der Waals surface area contributed by atoms with Crippen molar-refractivity contribution in [1.82, 2.24) is 0 Å². The summed E-state index contributed by atoms with van der Waals surface area (Å²) in [6.45, 7) is 0. The molecule has 8 heteroatoms. The zero-order valence-corrected chi connectivity index (χ0v) is 10.8. The van der Waals surface area contributed by atoms with E-state index >= 15 is 0 Å². The number of nitrogens with two attached hydrogens (primary N) is 1. The molecule has 0 saturated heterocycles. The summed E-state index contributed by atoms with van der Waals surface area (Å²) in [4.78, 5) is -0.769. The monoisotopic (exact) mass is 245 g/mol. The molecular formula is C6H5ClNNaO4S. The number of anilines is 1. The molecule has 1 aromatic rings. The van der Waals surface area contributed by atoms with Gasteiger partial charge in [-0.25, -0.2) is 0 Å². The second kappa shape index (κ2) is 4.69. The quantitative estimate of drug-likeness (QED) is 0.317. The summed E-state index contributed by atoms with van der Waals surface area (Å²) in [5.74, 6) is -0.887. The molecule has 0 saturated carbocycles. The molecule has 0 radical (unpaired) electrons. The molecule has 0 fully saturated rings. The van der Waals surface area contributed by atoms with Gasteiger partial charge in [0.25, 0.3) is 10.1 Å². The van der Waals surface area contributed by atoms with Crippen LogP contribution in [0.5, 0.6) is 5.75 Å². The summed E-state index contributed by atoms with van der Waals surface area (Å²) in [6.07, 6.45) is 0. The maximum Gasteiger partial charge on any atom is 1.00 e. The Labute approximate surface area is 108 Å². The van der Waals surface area contributed by atoms with Crippen LogP contribution in [-0.4, -0.2) is 13.0 Å². The van der Waals surface area contributed by atoms with Gasteiger partial charge >= 0.3 is 29.6 Å². The third kappa shape index (κ3) is 3.01. The minimum Gasteiger partial charge on any atom is -0.871 e. The van der Waals surface area contributed by atoms with Crippen LogP contribution in [-0.2, 0) is 10.1 Å². The molecule has 0 heterocycles. The van der Waals surface area contributed by atoms with E-state index in [0.717, 1.165) is 12.1 Å². The minimum absolute atomic E-state index is 0. The van der Waals surface area contributed by atoms with Crippen molar-refractivity contribution in [2.45, 2.75) is 4.90 Å². The van der Waals surface area contributed by atoms with Crippen molar-refractivity contribution < 1.29 is 47.6 Å². The van der Waals surface area contributed by atoms with Crippen molar-refractivity contribution >= 4 is 27.4 Å². The van der Waals surface area contributed by atoms with Gasteiger partial charge in [-0.1, -0.05) is 17.4 Å². The first-order valence-corrected chi connectivity index (χ1v) is 4.87. The van der Waals surface area contributed by atoms with Crippen LogP contribution in [0.15, 0.2) is 17.0 Å². The number of nitrogen functional groups attached to an aromatic ring is 1. The summed E-state index contributed by atoms with van der Waals surface area (Å²) < 4.78 is 29.7. The predicted octanol–water partition coefficient (Wildman–Crippen LogP) is -2.75. The zero-order chi connectivity index (χ0) is 10.2. The van der Waals surface area contributed by atoms with Crippen molar-refractivity contribution in [3.8, 4) is 5.75 Å². The smallest absolute Gasteiger partial charge is 0.871 e. The van der Waals surface area contributed by atoms with Gasteiger partial charge in [-0.15, -0.1) is 0 Å². The molecule has 0 atom stereocenters. The fourth-order valence-electron chi connectivity index (χ4n) is 0.752. The molecule has 1 aromatic carbocycles. The molecule has 0 amide bonds. The number of hydrogen-bond acceptors (Lipinski definition) is 4. The van der Waals surface area contributed by atoms with E-state index in [1.165, 1.54) is 0 Å². The second-order valence-corrected chi connectivity index (χ2v) is 4.09. The molecule has 72 valence electrons. The Morgan fingerprint density at radius 1 is 1.43 bits per heavy atom. The number of rotatable bonds is 1. The molecule has 0 aromatic heterocycles. The molecule has 0 bridgehead atoms. The zero-order valence-electron chi connectivity index (χ0n) is 7.19. The molecular weight excluding hydrogens is 241 g/mol. The molecule has 0 spiro atoms. The van der Waals surface area contributed by atoms with Crippen LogP contribution in [0.25, 0.3) is 0 Å². The Morgan fingerprint density at radius 3 is 2.36 bits per heavy atom. The SMILES string of the molecule is Nc1cc(S(=O)(=O)O)c([O-])cc1Cl.[Na+]. The van der Waals surface area contributed by atoms with Crippen molar-refractivity contribution in [2.75, 3.05) is 5.73 Å². The molecule has 3 N–H and O–H groups in total. The van der Waals surface area contributed by atoms with E-state index in [1.807, 2.05) is 0 Å². The predicted molar refractivity (Wildman–Crippen MR) is 45.1 cm³/mol. The largest absolute Gasteiger partial charge is 1.00 e. The molecule has 0 unspecified atom stereocenters. The Morgan fingerprint density at radius 2 is 1.93 bits per heavy atom. The van der Waals surface area contributed by atoms with Crippen LogP contribution >= 0.6 is 11.6 Å². The fraction of sp³-hybridized carbons (Fsp3) is 0. The Bertz CT molecular complexity index is 447. The second-order valence-electron chi connectivity index (χ2n) is 2.30. The topological polar surface area (TPSA) is 103 Å². The third-order valence-corrected chi connectivity index (χ3v) is 2.54. The maximum absolute atomic E-state index is 11.0. The van der Waals surface area contributed by atoms with Gasteiger partial charge in [0.05, 0.1) is 15.6 Å². The van der Waals surface area contributed by atoms with Gasteiger partial charge in [0.15, 0.2) is 0 Å². The van der Waals surface area contributed by atoms with Gasteiger partial charge in [0.1, 0.15) is 0 Å². The normalized spacial score (nSPS) is 10.7. The van der Waals surface area contributed by atoms with Crippen LogP contribution in [0.1, 0.15) is 0 Å². The van der Waals surface area contributed by atoms with Crippen LogP contribution in [0, 0.1) is 0 Å². The summed E-state index contributed by atoms with van der Waals surface area (Å²) in [5, 5.41) is 10.9. The Balaban J connectivity index is 0.00000169. The van der Waals surface area contributed by atoms with E-state index in [4.69, 9.17) is 21.9 Å². The number of halogens is 1. The van der Waals surface area contributed by atoms with E-state index in [0.29, 0.717) is 0 Å².